The first kappa shape index (κ1) is 45.4. The minimum atomic E-state index is -1.61. The molecule has 0 aromatic rings. The summed E-state index contributed by atoms with van der Waals surface area (Å²) < 4.78 is 21.9. The van der Waals surface area contributed by atoms with Crippen LogP contribution in [0.25, 0.3) is 0 Å². The molecule has 6 unspecified atom stereocenters. The van der Waals surface area contributed by atoms with Gasteiger partial charge in [-0.1, -0.05) is 132 Å². The van der Waals surface area contributed by atoms with E-state index in [1.807, 2.05) is 12.2 Å². The zero-order valence-electron chi connectivity index (χ0n) is 30.6. The molecular formula is C40H66O10. The smallest absolute Gasteiger partial charge is 0.310 e. The third-order valence-electron chi connectivity index (χ3n) is 8.20. The van der Waals surface area contributed by atoms with E-state index in [-0.39, 0.29) is 26.1 Å². The standard InChI is InChI=1S/C40H66O10/c1-3-5-7-9-11-13-15-16-17-18-19-21-23-25-27-29-36(43)49-33(32-48-40-39(46)38(45)37(44)34(30-41)50-40)31-47-35(42)28-26-24-22-20-14-12-10-8-6-4-2/h5,7,11,13,16-17,19,21,25,27,33-34,37-41,44-46H,3-4,6,8-10,12,14-15,18,20,22-24,26,28-32H2,1-2H3/b7-5-,13-11-,17-16-,21-19-,27-25-. The zero-order chi connectivity index (χ0) is 36.7. The number of unbranched alkanes of at least 4 members (excludes halogenated alkanes) is 9. The predicted octanol–water partition coefficient (Wildman–Crippen LogP) is 6.71. The van der Waals surface area contributed by atoms with Gasteiger partial charge in [-0.2, -0.15) is 0 Å². The fourth-order valence-corrected chi connectivity index (χ4v) is 5.20. The molecule has 0 amide bonds. The Kier molecular flexibility index (Phi) is 28.3. The molecule has 6 atom stereocenters. The van der Waals surface area contributed by atoms with E-state index >= 15 is 0 Å². The lowest BCUT2D eigenvalue weighted by Gasteiger charge is -2.39. The Morgan fingerprint density at radius 2 is 1.16 bits per heavy atom. The minimum Gasteiger partial charge on any atom is -0.462 e. The van der Waals surface area contributed by atoms with E-state index in [2.05, 4.69) is 56.4 Å². The van der Waals surface area contributed by atoms with Crippen molar-refractivity contribution >= 4 is 11.9 Å². The van der Waals surface area contributed by atoms with E-state index in [1.54, 1.807) is 6.08 Å². The molecule has 0 bridgehead atoms. The summed E-state index contributed by atoms with van der Waals surface area (Å²) in [6.07, 6.45) is 28.4. The van der Waals surface area contributed by atoms with Gasteiger partial charge in [0.25, 0.3) is 0 Å². The van der Waals surface area contributed by atoms with E-state index in [4.69, 9.17) is 18.9 Å². The summed E-state index contributed by atoms with van der Waals surface area (Å²) in [4.78, 5) is 25.1. The summed E-state index contributed by atoms with van der Waals surface area (Å²) in [6.45, 7) is 3.16. The SMILES string of the molecule is CC/C=C\C/C=C\C/C=C\C/C=C\C/C=C\CC(=O)OC(COC(=O)CCCCCCCCCCCC)COC1OC(CO)C(O)C(O)C1O. The Hall–Kier alpha value is -2.60. The minimum absolute atomic E-state index is 0.00335. The molecule has 0 saturated carbocycles. The number of esters is 2. The number of aliphatic hydroxyl groups is 4. The maximum Gasteiger partial charge on any atom is 0.310 e. The molecule has 0 spiro atoms. The Morgan fingerprint density at radius 3 is 1.70 bits per heavy atom. The second-order valence-electron chi connectivity index (χ2n) is 12.7. The van der Waals surface area contributed by atoms with Crippen molar-refractivity contribution in [1.29, 1.82) is 0 Å². The van der Waals surface area contributed by atoms with Crippen molar-refractivity contribution in [2.45, 2.75) is 160 Å². The molecule has 0 aromatic carbocycles. The molecule has 1 saturated heterocycles. The summed E-state index contributed by atoms with van der Waals surface area (Å²) in [6, 6.07) is 0. The van der Waals surface area contributed by atoms with E-state index in [0.29, 0.717) is 12.8 Å². The largest absolute Gasteiger partial charge is 0.462 e. The van der Waals surface area contributed by atoms with Crippen LogP contribution in [-0.2, 0) is 28.5 Å². The Morgan fingerprint density at radius 1 is 0.640 bits per heavy atom. The van der Waals surface area contributed by atoms with Gasteiger partial charge < -0.3 is 39.4 Å². The lowest BCUT2D eigenvalue weighted by Crippen LogP contribution is -2.59. The van der Waals surface area contributed by atoms with Crippen molar-refractivity contribution in [3.63, 3.8) is 0 Å². The fraction of sp³-hybridized carbons (Fsp3) is 0.700. The maximum absolute atomic E-state index is 12.6. The van der Waals surface area contributed by atoms with Gasteiger partial charge in [-0.15, -0.1) is 0 Å². The van der Waals surface area contributed by atoms with Crippen LogP contribution in [0.2, 0.25) is 0 Å². The van der Waals surface area contributed by atoms with Crippen molar-refractivity contribution in [3.8, 4) is 0 Å². The van der Waals surface area contributed by atoms with Gasteiger partial charge in [-0.3, -0.25) is 9.59 Å². The summed E-state index contributed by atoms with van der Waals surface area (Å²) in [5, 5.41) is 39.8. The Labute approximate surface area is 300 Å². The van der Waals surface area contributed by atoms with Gasteiger partial charge in [-0.25, -0.2) is 0 Å². The highest BCUT2D eigenvalue weighted by atomic mass is 16.7. The van der Waals surface area contributed by atoms with Crippen LogP contribution in [-0.4, -0.2) is 89.0 Å². The number of allylic oxidation sites excluding steroid dienone is 9. The van der Waals surface area contributed by atoms with Gasteiger partial charge >= 0.3 is 11.9 Å². The molecule has 10 heteroatoms. The van der Waals surface area contributed by atoms with Gasteiger partial charge in [0.1, 0.15) is 31.0 Å². The zero-order valence-corrected chi connectivity index (χ0v) is 30.6. The van der Waals surface area contributed by atoms with Crippen LogP contribution in [0.1, 0.15) is 123 Å². The van der Waals surface area contributed by atoms with Crippen LogP contribution in [0.5, 0.6) is 0 Å². The van der Waals surface area contributed by atoms with Gasteiger partial charge in [0.15, 0.2) is 12.4 Å². The molecule has 50 heavy (non-hydrogen) atoms. The van der Waals surface area contributed by atoms with Crippen LogP contribution >= 0.6 is 0 Å². The number of aliphatic hydroxyl groups excluding tert-OH is 4. The average Bonchev–Trinajstić information content (AvgIpc) is 3.11. The molecule has 1 rings (SSSR count). The van der Waals surface area contributed by atoms with E-state index in [1.165, 1.54) is 38.5 Å². The van der Waals surface area contributed by atoms with Gasteiger partial charge in [0, 0.05) is 6.42 Å². The van der Waals surface area contributed by atoms with Crippen molar-refractivity contribution in [1.82, 2.24) is 0 Å². The highest BCUT2D eigenvalue weighted by molar-refractivity contribution is 5.71. The highest BCUT2D eigenvalue weighted by Crippen LogP contribution is 2.22. The molecule has 1 heterocycles. The molecule has 0 aromatic heterocycles. The van der Waals surface area contributed by atoms with Crippen LogP contribution in [0.4, 0.5) is 0 Å². The quantitative estimate of drug-likeness (QED) is 0.0375. The van der Waals surface area contributed by atoms with Crippen LogP contribution < -0.4 is 0 Å². The molecule has 0 radical (unpaired) electrons. The number of ether oxygens (including phenoxy) is 4. The van der Waals surface area contributed by atoms with Crippen LogP contribution in [0.3, 0.4) is 0 Å². The van der Waals surface area contributed by atoms with Crippen molar-refractivity contribution in [3.05, 3.63) is 60.8 Å². The third kappa shape index (κ3) is 23.0. The Balaban J connectivity index is 2.49. The number of rotatable bonds is 29. The lowest BCUT2D eigenvalue weighted by atomic mass is 9.99. The second-order valence-corrected chi connectivity index (χ2v) is 12.7. The molecule has 1 aliphatic heterocycles. The Bertz CT molecular complexity index is 1000. The van der Waals surface area contributed by atoms with Crippen LogP contribution in [0.15, 0.2) is 60.8 Å². The molecule has 1 aliphatic rings. The normalized spacial score (nSPS) is 22.1. The number of carbonyl (C=O) groups is 2. The topological polar surface area (TPSA) is 152 Å². The average molecular weight is 707 g/mol. The number of hydrogen-bond acceptors (Lipinski definition) is 10. The monoisotopic (exact) mass is 706 g/mol. The lowest BCUT2D eigenvalue weighted by molar-refractivity contribution is -0.305. The molecule has 4 N–H and O–H groups in total. The van der Waals surface area contributed by atoms with E-state index in [9.17, 15) is 30.0 Å². The highest BCUT2D eigenvalue weighted by Gasteiger charge is 2.44. The summed E-state index contributed by atoms with van der Waals surface area (Å²) >= 11 is 0. The number of carbonyl (C=O) groups excluding carboxylic acids is 2. The summed E-state index contributed by atoms with van der Waals surface area (Å²) in [5.41, 5.74) is 0. The van der Waals surface area contributed by atoms with Crippen molar-refractivity contribution < 1.29 is 49.0 Å². The predicted molar refractivity (Wildman–Crippen MR) is 196 cm³/mol. The number of hydrogen-bond donors (Lipinski definition) is 4. The van der Waals surface area contributed by atoms with Gasteiger partial charge in [0.2, 0.25) is 0 Å². The van der Waals surface area contributed by atoms with Crippen LogP contribution in [0, 0.1) is 0 Å². The van der Waals surface area contributed by atoms with E-state index in [0.717, 1.165) is 44.9 Å². The summed E-state index contributed by atoms with van der Waals surface area (Å²) in [7, 11) is 0. The van der Waals surface area contributed by atoms with Crippen molar-refractivity contribution in [2.75, 3.05) is 19.8 Å². The molecule has 1 fully saturated rings. The molecule has 286 valence electrons. The first-order chi connectivity index (χ1) is 24.3. The van der Waals surface area contributed by atoms with Crippen molar-refractivity contribution in [2.24, 2.45) is 0 Å². The van der Waals surface area contributed by atoms with E-state index < -0.39 is 55.4 Å². The fourth-order valence-electron chi connectivity index (χ4n) is 5.20. The second kappa shape index (κ2) is 31.2. The molecule has 10 nitrogen and oxygen atoms in total. The first-order valence-corrected chi connectivity index (χ1v) is 18.9. The third-order valence-corrected chi connectivity index (χ3v) is 8.20. The van der Waals surface area contributed by atoms with Gasteiger partial charge in [0.05, 0.1) is 19.6 Å². The summed E-state index contributed by atoms with van der Waals surface area (Å²) in [5.74, 6) is -0.962. The molecular weight excluding hydrogens is 640 g/mol. The maximum atomic E-state index is 12.6. The van der Waals surface area contributed by atoms with Gasteiger partial charge in [-0.05, 0) is 38.5 Å². The first-order valence-electron chi connectivity index (χ1n) is 18.9. The molecule has 0 aliphatic carbocycles.